The number of aryl methyl sites for hydroxylation is 1. The summed E-state index contributed by atoms with van der Waals surface area (Å²) in [6, 6.07) is 0. The van der Waals surface area contributed by atoms with Crippen molar-refractivity contribution >= 4 is 23.7 Å². The zero-order valence-corrected chi connectivity index (χ0v) is 12.6. The molecule has 2 aromatic heterocycles. The normalized spacial score (nSPS) is 13.9. The first-order valence-corrected chi connectivity index (χ1v) is 6.84. The Hall–Kier alpha value is -1.37. The molecule has 0 saturated heterocycles. The molecule has 0 aromatic carbocycles. The van der Waals surface area contributed by atoms with E-state index in [-0.39, 0.29) is 16.9 Å². The van der Waals surface area contributed by atoms with Crippen LogP contribution in [0, 0.1) is 11.3 Å². The minimum absolute atomic E-state index is 0.0623. The molecule has 0 aliphatic carbocycles. The standard InChI is InChI=1S/C12H19N5OS/c1-12(2,3)8(7-19)6-17-11(18)9-5-13-16(4)10(9)14-15-17/h5,8,19H,6-7H2,1-4H3. The molecule has 2 aromatic rings. The van der Waals surface area contributed by atoms with Crippen LogP contribution < -0.4 is 5.56 Å². The van der Waals surface area contributed by atoms with Crippen molar-refractivity contribution in [3.8, 4) is 0 Å². The summed E-state index contributed by atoms with van der Waals surface area (Å²) in [6.07, 6.45) is 1.54. The molecule has 0 spiro atoms. The molecule has 6 nitrogen and oxygen atoms in total. The van der Waals surface area contributed by atoms with Gasteiger partial charge in [0, 0.05) is 7.05 Å². The molecule has 104 valence electrons. The van der Waals surface area contributed by atoms with Crippen LogP contribution in [0.2, 0.25) is 0 Å². The lowest BCUT2D eigenvalue weighted by Gasteiger charge is -2.29. The van der Waals surface area contributed by atoms with Crippen molar-refractivity contribution in [2.24, 2.45) is 18.4 Å². The Morgan fingerprint density at radius 3 is 2.68 bits per heavy atom. The summed E-state index contributed by atoms with van der Waals surface area (Å²) in [4.78, 5) is 12.3. The van der Waals surface area contributed by atoms with Gasteiger partial charge < -0.3 is 0 Å². The van der Waals surface area contributed by atoms with Crippen LogP contribution in [0.3, 0.4) is 0 Å². The number of fused-ring (bicyclic) bond motifs is 1. The molecule has 2 rings (SSSR count). The van der Waals surface area contributed by atoms with E-state index in [4.69, 9.17) is 0 Å². The fraction of sp³-hybridized carbons (Fsp3) is 0.667. The number of thiol groups is 1. The zero-order chi connectivity index (χ0) is 14.2. The summed E-state index contributed by atoms with van der Waals surface area (Å²) in [7, 11) is 1.74. The van der Waals surface area contributed by atoms with Crippen LogP contribution in [-0.4, -0.2) is 30.5 Å². The molecule has 0 amide bonds. The topological polar surface area (TPSA) is 65.6 Å². The highest BCUT2D eigenvalue weighted by Crippen LogP contribution is 2.27. The highest BCUT2D eigenvalue weighted by Gasteiger charge is 2.25. The number of rotatable bonds is 3. The zero-order valence-electron chi connectivity index (χ0n) is 11.7. The molecule has 0 aliphatic rings. The first-order valence-electron chi connectivity index (χ1n) is 6.21. The summed E-state index contributed by atoms with van der Waals surface area (Å²) < 4.78 is 2.96. The van der Waals surface area contributed by atoms with Crippen molar-refractivity contribution in [3.05, 3.63) is 16.6 Å². The monoisotopic (exact) mass is 281 g/mol. The summed E-state index contributed by atoms with van der Waals surface area (Å²) in [5, 5.41) is 12.6. The van der Waals surface area contributed by atoms with Gasteiger partial charge in [0.1, 0.15) is 5.39 Å². The predicted molar refractivity (Wildman–Crippen MR) is 77.4 cm³/mol. The van der Waals surface area contributed by atoms with Gasteiger partial charge in [-0.2, -0.15) is 17.7 Å². The molecule has 1 unspecified atom stereocenters. The van der Waals surface area contributed by atoms with Crippen molar-refractivity contribution in [1.29, 1.82) is 0 Å². The molecule has 0 aliphatic heterocycles. The third-order valence-electron chi connectivity index (χ3n) is 3.46. The van der Waals surface area contributed by atoms with E-state index in [1.165, 1.54) is 10.9 Å². The van der Waals surface area contributed by atoms with Gasteiger partial charge in [-0.25, -0.2) is 9.36 Å². The third kappa shape index (κ3) is 2.65. The van der Waals surface area contributed by atoms with Gasteiger partial charge in [-0.15, -0.1) is 5.10 Å². The first-order chi connectivity index (χ1) is 8.84. The first kappa shape index (κ1) is 14.0. The third-order valence-corrected chi connectivity index (χ3v) is 3.90. The van der Waals surface area contributed by atoms with E-state index in [0.717, 1.165) is 0 Å². The summed E-state index contributed by atoms with van der Waals surface area (Å²) >= 11 is 4.37. The van der Waals surface area contributed by atoms with Crippen molar-refractivity contribution in [1.82, 2.24) is 24.8 Å². The van der Waals surface area contributed by atoms with E-state index in [1.54, 1.807) is 11.7 Å². The number of aromatic nitrogens is 5. The van der Waals surface area contributed by atoms with E-state index in [2.05, 4.69) is 48.8 Å². The smallest absolute Gasteiger partial charge is 0.267 e. The largest absolute Gasteiger partial charge is 0.280 e. The molecular formula is C12H19N5OS. The molecule has 7 heteroatoms. The summed E-state index contributed by atoms with van der Waals surface area (Å²) in [5.74, 6) is 0.944. The maximum atomic E-state index is 12.3. The highest BCUT2D eigenvalue weighted by molar-refractivity contribution is 7.80. The van der Waals surface area contributed by atoms with E-state index in [0.29, 0.717) is 23.3 Å². The minimum atomic E-state index is -0.144. The Bertz CT molecular complexity index is 640. The molecule has 0 radical (unpaired) electrons. The van der Waals surface area contributed by atoms with Gasteiger partial charge in [0.25, 0.3) is 5.56 Å². The molecule has 2 heterocycles. The van der Waals surface area contributed by atoms with Crippen molar-refractivity contribution in [2.75, 3.05) is 5.75 Å². The molecule has 19 heavy (non-hydrogen) atoms. The van der Waals surface area contributed by atoms with Crippen LogP contribution >= 0.6 is 12.6 Å². The van der Waals surface area contributed by atoms with Gasteiger partial charge in [0.2, 0.25) is 0 Å². The van der Waals surface area contributed by atoms with Crippen LogP contribution in [0.1, 0.15) is 20.8 Å². The molecular weight excluding hydrogens is 262 g/mol. The van der Waals surface area contributed by atoms with Crippen LogP contribution in [0.25, 0.3) is 11.0 Å². The Kier molecular flexibility index (Phi) is 3.66. The fourth-order valence-corrected chi connectivity index (χ4v) is 2.57. The molecule has 0 fully saturated rings. The molecule has 0 saturated carbocycles. The lowest BCUT2D eigenvalue weighted by molar-refractivity contribution is 0.226. The predicted octanol–water partition coefficient (Wildman–Crippen LogP) is 1.12. The SMILES string of the molecule is Cn1ncc2c(=O)n(CC(CS)C(C)(C)C)nnc21. The number of hydrogen-bond donors (Lipinski definition) is 1. The van der Waals surface area contributed by atoms with Crippen molar-refractivity contribution in [3.63, 3.8) is 0 Å². The minimum Gasteiger partial charge on any atom is -0.267 e. The van der Waals surface area contributed by atoms with Crippen molar-refractivity contribution < 1.29 is 0 Å². The Morgan fingerprint density at radius 1 is 1.42 bits per heavy atom. The van der Waals surface area contributed by atoms with E-state index < -0.39 is 0 Å². The lowest BCUT2D eigenvalue weighted by Crippen LogP contribution is -2.33. The molecule has 1 atom stereocenters. The van der Waals surface area contributed by atoms with Gasteiger partial charge >= 0.3 is 0 Å². The molecule has 0 N–H and O–H groups in total. The van der Waals surface area contributed by atoms with Gasteiger partial charge in [-0.3, -0.25) is 4.79 Å². The Morgan fingerprint density at radius 2 is 2.11 bits per heavy atom. The second-order valence-corrected chi connectivity index (χ2v) is 6.19. The van der Waals surface area contributed by atoms with Gasteiger partial charge in [0.15, 0.2) is 5.65 Å². The summed E-state index contributed by atoms with van der Waals surface area (Å²) in [6.45, 7) is 6.92. The second-order valence-electron chi connectivity index (χ2n) is 5.83. The van der Waals surface area contributed by atoms with Crippen LogP contribution in [0.4, 0.5) is 0 Å². The van der Waals surface area contributed by atoms with Crippen LogP contribution in [-0.2, 0) is 13.6 Å². The highest BCUT2D eigenvalue weighted by atomic mass is 32.1. The Labute approximate surface area is 117 Å². The Balaban J connectivity index is 2.41. The van der Waals surface area contributed by atoms with E-state index >= 15 is 0 Å². The average molecular weight is 281 g/mol. The van der Waals surface area contributed by atoms with Crippen LogP contribution in [0.15, 0.2) is 11.0 Å². The quantitative estimate of drug-likeness (QED) is 0.856. The van der Waals surface area contributed by atoms with Gasteiger partial charge in [-0.1, -0.05) is 26.0 Å². The number of hydrogen-bond acceptors (Lipinski definition) is 5. The van der Waals surface area contributed by atoms with Gasteiger partial charge in [0.05, 0.1) is 12.7 Å². The fourth-order valence-electron chi connectivity index (χ4n) is 1.91. The lowest BCUT2D eigenvalue weighted by atomic mass is 9.82. The molecule has 0 bridgehead atoms. The van der Waals surface area contributed by atoms with Gasteiger partial charge in [-0.05, 0) is 17.1 Å². The van der Waals surface area contributed by atoms with E-state index in [9.17, 15) is 4.79 Å². The second kappa shape index (κ2) is 4.96. The summed E-state index contributed by atoms with van der Waals surface area (Å²) in [5.41, 5.74) is 0.431. The van der Waals surface area contributed by atoms with Crippen LogP contribution in [0.5, 0.6) is 0 Å². The van der Waals surface area contributed by atoms with E-state index in [1.807, 2.05) is 0 Å². The average Bonchev–Trinajstić information content (AvgIpc) is 2.69. The maximum absolute atomic E-state index is 12.3. The maximum Gasteiger partial charge on any atom is 0.280 e. The number of nitrogens with zero attached hydrogens (tertiary/aromatic N) is 5. The van der Waals surface area contributed by atoms with Crippen molar-refractivity contribution in [2.45, 2.75) is 27.3 Å².